The Labute approximate surface area is 169 Å². The third-order valence-electron chi connectivity index (χ3n) is 3.64. The van der Waals surface area contributed by atoms with E-state index in [-0.39, 0.29) is 18.2 Å². The number of aromatic hydroxyl groups is 1. The van der Waals surface area contributed by atoms with Crippen molar-refractivity contribution >= 4 is 49.7 Å². The smallest absolute Gasteiger partial charge is 0.259 e. The summed E-state index contributed by atoms with van der Waals surface area (Å²) < 4.78 is 1.89. The van der Waals surface area contributed by atoms with Crippen molar-refractivity contribution in [1.82, 2.24) is 5.43 Å². The normalized spacial score (nSPS) is 10.7. The number of carbonyl (C=O) groups is 1. The number of phenols is 1. The van der Waals surface area contributed by atoms with Crippen LogP contribution in [0.3, 0.4) is 0 Å². The summed E-state index contributed by atoms with van der Waals surface area (Å²) in [5.74, 6) is -0.159. The van der Waals surface area contributed by atoms with Gasteiger partial charge in [0.15, 0.2) is 0 Å². The summed E-state index contributed by atoms with van der Waals surface area (Å²) in [7, 11) is 0. The molecular weight excluding hydrogens is 462 g/mol. The average molecular weight is 481 g/mol. The average Bonchev–Trinajstić information content (AvgIpc) is 2.61. The molecule has 0 aliphatic heterocycles. The largest absolute Gasteiger partial charge is 0.507 e. The summed E-state index contributed by atoms with van der Waals surface area (Å²) in [5.41, 5.74) is 5.62. The minimum absolute atomic E-state index is 0.0712. The van der Waals surface area contributed by atoms with Crippen molar-refractivity contribution in [2.24, 2.45) is 5.10 Å². The Balaban J connectivity index is 1.92. The predicted octanol–water partition coefficient (Wildman–Crippen LogP) is 4.52. The summed E-state index contributed by atoms with van der Waals surface area (Å²) in [6.07, 6.45) is 3.69. The molecule has 2 rings (SSSR count). The van der Waals surface area contributed by atoms with Gasteiger partial charge in [-0.2, -0.15) is 5.10 Å². The Morgan fingerprint density at radius 2 is 2.00 bits per heavy atom. The maximum atomic E-state index is 11.9. The summed E-state index contributed by atoms with van der Waals surface area (Å²) in [6.45, 7) is 5.71. The van der Waals surface area contributed by atoms with Gasteiger partial charge in [-0.15, -0.1) is 6.58 Å². The van der Waals surface area contributed by atoms with Crippen LogP contribution in [0.4, 0.5) is 5.69 Å². The Morgan fingerprint density at radius 1 is 1.31 bits per heavy atom. The Kier molecular flexibility index (Phi) is 7.41. The first-order chi connectivity index (χ1) is 12.4. The summed E-state index contributed by atoms with van der Waals surface area (Å²) >= 11 is 6.94. The molecule has 0 fully saturated rings. The molecule has 0 radical (unpaired) electrons. The third-order valence-corrected chi connectivity index (χ3v) is 5.29. The maximum Gasteiger partial charge on any atom is 0.259 e. The molecule has 0 saturated carbocycles. The second-order valence-electron chi connectivity index (χ2n) is 5.56. The Hall–Kier alpha value is -2.12. The highest BCUT2D eigenvalue weighted by Gasteiger charge is 2.06. The van der Waals surface area contributed by atoms with Crippen molar-refractivity contribution in [3.05, 3.63) is 68.6 Å². The van der Waals surface area contributed by atoms with E-state index < -0.39 is 0 Å². The zero-order valence-electron chi connectivity index (χ0n) is 14.2. The van der Waals surface area contributed by atoms with E-state index in [1.807, 2.05) is 31.2 Å². The summed E-state index contributed by atoms with van der Waals surface area (Å²) in [6, 6.07) is 9.15. The van der Waals surface area contributed by atoms with Crippen LogP contribution in [0.2, 0.25) is 0 Å². The molecule has 2 aromatic carbocycles. The summed E-state index contributed by atoms with van der Waals surface area (Å²) in [4.78, 5) is 11.9. The molecule has 0 bridgehead atoms. The molecule has 0 aliphatic carbocycles. The van der Waals surface area contributed by atoms with Crippen LogP contribution in [0.5, 0.6) is 5.75 Å². The zero-order chi connectivity index (χ0) is 19.1. The number of phenolic OH excluding ortho intramolecular Hbond substituents is 1. The van der Waals surface area contributed by atoms with Crippen molar-refractivity contribution in [1.29, 1.82) is 0 Å². The fourth-order valence-electron chi connectivity index (χ4n) is 2.18. The number of rotatable bonds is 7. The number of nitrogens with one attached hydrogen (secondary N) is 2. The highest BCUT2D eigenvalue weighted by molar-refractivity contribution is 9.11. The number of carbonyl (C=O) groups excluding carboxylic acids is 1. The molecule has 0 aromatic heterocycles. The van der Waals surface area contributed by atoms with Gasteiger partial charge in [0.1, 0.15) is 5.75 Å². The van der Waals surface area contributed by atoms with Crippen molar-refractivity contribution < 1.29 is 9.90 Å². The quantitative estimate of drug-likeness (QED) is 0.310. The first kappa shape index (κ1) is 20.2. The highest BCUT2D eigenvalue weighted by Crippen LogP contribution is 2.28. The molecular formula is C19H19Br2N3O2. The molecule has 2 aromatic rings. The number of anilines is 1. The monoisotopic (exact) mass is 479 g/mol. The van der Waals surface area contributed by atoms with Gasteiger partial charge in [-0.3, -0.25) is 4.79 Å². The first-order valence-electron chi connectivity index (χ1n) is 7.85. The molecule has 26 heavy (non-hydrogen) atoms. The van der Waals surface area contributed by atoms with Gasteiger partial charge in [0, 0.05) is 20.2 Å². The number of nitrogens with zero attached hydrogens (tertiary/aromatic N) is 1. The summed E-state index contributed by atoms with van der Waals surface area (Å²) in [5, 5.41) is 17.1. The molecule has 5 nitrogen and oxygen atoms in total. The minimum Gasteiger partial charge on any atom is -0.507 e. The van der Waals surface area contributed by atoms with E-state index >= 15 is 0 Å². The van der Waals surface area contributed by atoms with Gasteiger partial charge in [0.05, 0.1) is 12.8 Å². The third kappa shape index (κ3) is 5.44. The van der Waals surface area contributed by atoms with Crippen LogP contribution >= 0.6 is 31.9 Å². The number of benzene rings is 2. The topological polar surface area (TPSA) is 73.7 Å². The fourth-order valence-corrected chi connectivity index (χ4v) is 3.37. The number of hydrazone groups is 1. The van der Waals surface area contributed by atoms with E-state index in [2.05, 4.69) is 54.3 Å². The van der Waals surface area contributed by atoms with E-state index in [0.717, 1.165) is 25.8 Å². The number of allylic oxidation sites excluding steroid dienone is 1. The van der Waals surface area contributed by atoms with Crippen LogP contribution in [0.1, 0.15) is 16.7 Å². The van der Waals surface area contributed by atoms with E-state index in [0.29, 0.717) is 12.0 Å². The van der Waals surface area contributed by atoms with E-state index in [1.54, 1.807) is 12.1 Å². The molecule has 0 heterocycles. The van der Waals surface area contributed by atoms with Gasteiger partial charge in [0.25, 0.3) is 5.91 Å². The number of para-hydroxylation sites is 1. The highest BCUT2D eigenvalue weighted by atomic mass is 79.9. The first-order valence-corrected chi connectivity index (χ1v) is 9.44. The lowest BCUT2D eigenvalue weighted by Crippen LogP contribution is -2.25. The van der Waals surface area contributed by atoms with Gasteiger partial charge in [0.2, 0.25) is 0 Å². The van der Waals surface area contributed by atoms with Crippen LogP contribution in [0.15, 0.2) is 57.0 Å². The molecule has 0 unspecified atom stereocenters. The van der Waals surface area contributed by atoms with E-state index in [9.17, 15) is 9.90 Å². The van der Waals surface area contributed by atoms with Gasteiger partial charge < -0.3 is 10.4 Å². The molecule has 0 atom stereocenters. The van der Waals surface area contributed by atoms with Crippen LogP contribution in [0, 0.1) is 6.92 Å². The van der Waals surface area contributed by atoms with Gasteiger partial charge in [-0.1, -0.05) is 50.1 Å². The molecule has 0 saturated heterocycles. The SMILES string of the molecule is C=CCc1cccc(/C=N/NC(=O)CNc2cc(Br)c(C)c(Br)c2)c1O. The van der Waals surface area contributed by atoms with Gasteiger partial charge >= 0.3 is 0 Å². The molecule has 0 aliphatic rings. The fraction of sp³-hybridized carbons (Fsp3) is 0.158. The van der Waals surface area contributed by atoms with E-state index in [1.165, 1.54) is 6.21 Å². The van der Waals surface area contributed by atoms with Crippen molar-refractivity contribution in [2.75, 3.05) is 11.9 Å². The Morgan fingerprint density at radius 3 is 2.65 bits per heavy atom. The molecule has 1 amide bonds. The lowest BCUT2D eigenvalue weighted by atomic mass is 10.1. The van der Waals surface area contributed by atoms with E-state index in [4.69, 9.17) is 0 Å². The van der Waals surface area contributed by atoms with Crippen LogP contribution in [0.25, 0.3) is 0 Å². The van der Waals surface area contributed by atoms with Gasteiger partial charge in [-0.05, 0) is 42.7 Å². The maximum absolute atomic E-state index is 11.9. The second-order valence-corrected chi connectivity index (χ2v) is 7.27. The molecule has 0 spiro atoms. The predicted molar refractivity (Wildman–Crippen MR) is 113 cm³/mol. The number of amides is 1. The van der Waals surface area contributed by atoms with Crippen molar-refractivity contribution in [3.63, 3.8) is 0 Å². The van der Waals surface area contributed by atoms with Crippen LogP contribution in [-0.2, 0) is 11.2 Å². The lowest BCUT2D eigenvalue weighted by molar-refractivity contribution is -0.119. The lowest BCUT2D eigenvalue weighted by Gasteiger charge is -2.09. The van der Waals surface area contributed by atoms with Crippen molar-refractivity contribution in [2.45, 2.75) is 13.3 Å². The standard InChI is InChI=1S/C19H19Br2N3O2/c1-3-5-13-6-4-7-14(19(13)26)10-23-24-18(25)11-22-15-8-16(20)12(2)17(21)9-15/h3-4,6-10,22,26H,1,5,11H2,2H3,(H,24,25)/b23-10+. The van der Waals surface area contributed by atoms with Crippen molar-refractivity contribution in [3.8, 4) is 5.75 Å². The number of hydrogen-bond donors (Lipinski definition) is 3. The second kappa shape index (κ2) is 9.54. The number of hydrogen-bond acceptors (Lipinski definition) is 4. The van der Waals surface area contributed by atoms with Crippen LogP contribution in [-0.4, -0.2) is 23.8 Å². The molecule has 3 N–H and O–H groups in total. The Bertz CT molecular complexity index is 828. The molecule has 7 heteroatoms. The minimum atomic E-state index is -0.296. The number of halogens is 2. The molecule has 136 valence electrons. The van der Waals surface area contributed by atoms with Crippen LogP contribution < -0.4 is 10.7 Å². The zero-order valence-corrected chi connectivity index (χ0v) is 17.4. The van der Waals surface area contributed by atoms with Gasteiger partial charge in [-0.25, -0.2) is 5.43 Å².